The molecule has 0 N–H and O–H groups in total. The van der Waals surface area contributed by atoms with Crippen molar-refractivity contribution in [1.82, 2.24) is 19.1 Å². The summed E-state index contributed by atoms with van der Waals surface area (Å²) < 4.78 is 11.2. The van der Waals surface area contributed by atoms with Crippen LogP contribution in [0.4, 0.5) is 0 Å². The van der Waals surface area contributed by atoms with Gasteiger partial charge in [-0.2, -0.15) is 0 Å². The Balaban J connectivity index is 1.38. The smallest absolute Gasteiger partial charge is 0.197 e. The molecule has 10 aromatic rings. The summed E-state index contributed by atoms with van der Waals surface area (Å²) in [6.45, 7) is 0. The average molecular weight is 577 g/mol. The Kier molecular flexibility index (Phi) is 4.93. The molecule has 5 nitrogen and oxygen atoms in total. The molecule has 0 aliphatic heterocycles. The molecule has 0 saturated carbocycles. The Morgan fingerprint density at radius 3 is 1.71 bits per heavy atom. The maximum atomic E-state index is 6.57. The SMILES string of the molecule is c1ccc(-c2nc(-n3c4ccccc4c4cc5c(cc43)c3ccccc3n5-c3ccccc3)c3oc4ccccc4c3n2)cc1. The number of rotatable bonds is 3. The number of hydrogen-bond acceptors (Lipinski definition) is 3. The predicted molar refractivity (Wildman–Crippen MR) is 183 cm³/mol. The Bertz CT molecular complexity index is 2750. The maximum absolute atomic E-state index is 6.57. The number of para-hydroxylation sites is 4. The van der Waals surface area contributed by atoms with E-state index in [2.05, 4.69) is 118 Å². The van der Waals surface area contributed by atoms with E-state index in [1.807, 2.05) is 36.4 Å². The molecule has 0 spiro atoms. The average Bonchev–Trinajstić information content (AvgIpc) is 3.75. The van der Waals surface area contributed by atoms with Crippen LogP contribution in [0.1, 0.15) is 0 Å². The maximum Gasteiger partial charge on any atom is 0.197 e. The minimum atomic E-state index is 0.664. The third-order valence-corrected chi connectivity index (χ3v) is 8.93. The van der Waals surface area contributed by atoms with Gasteiger partial charge >= 0.3 is 0 Å². The molecule has 0 amide bonds. The fraction of sp³-hybridized carbons (Fsp3) is 0. The zero-order valence-corrected chi connectivity index (χ0v) is 24.1. The summed E-state index contributed by atoms with van der Waals surface area (Å²) in [4.78, 5) is 10.3. The second-order valence-corrected chi connectivity index (χ2v) is 11.4. The third-order valence-electron chi connectivity index (χ3n) is 8.93. The molecule has 0 atom stereocenters. The first-order valence-corrected chi connectivity index (χ1v) is 15.1. The molecule has 45 heavy (non-hydrogen) atoms. The minimum Gasteiger partial charge on any atom is -0.450 e. The largest absolute Gasteiger partial charge is 0.450 e. The monoisotopic (exact) mass is 576 g/mol. The number of nitrogens with zero attached hydrogens (tertiary/aromatic N) is 4. The molecule has 0 fully saturated rings. The lowest BCUT2D eigenvalue weighted by Crippen LogP contribution is -2.01. The van der Waals surface area contributed by atoms with Crippen molar-refractivity contribution < 1.29 is 4.42 Å². The highest BCUT2D eigenvalue weighted by Crippen LogP contribution is 2.41. The number of furan rings is 1. The molecular weight excluding hydrogens is 552 g/mol. The standard InChI is InChI=1S/C40H24N4O/c1-3-13-25(14-4-1)39-41-37-29-19-9-12-22-36(29)45-38(37)40(42-39)44-33-21-11-8-18-28(33)31-23-34-30(24-35(31)44)27-17-7-10-20-32(27)43(34)26-15-5-2-6-16-26/h1-24H. The van der Waals surface area contributed by atoms with E-state index in [9.17, 15) is 0 Å². The quantitative estimate of drug-likeness (QED) is 0.210. The van der Waals surface area contributed by atoms with Crippen LogP contribution in [0.2, 0.25) is 0 Å². The molecule has 10 rings (SSSR count). The lowest BCUT2D eigenvalue weighted by Gasteiger charge is -2.10. The van der Waals surface area contributed by atoms with Crippen LogP contribution in [0.3, 0.4) is 0 Å². The Hall–Kier alpha value is -6.20. The van der Waals surface area contributed by atoms with Gasteiger partial charge in [0.1, 0.15) is 11.1 Å². The van der Waals surface area contributed by atoms with Crippen molar-refractivity contribution in [1.29, 1.82) is 0 Å². The molecule has 0 aliphatic rings. The van der Waals surface area contributed by atoms with Crippen molar-refractivity contribution >= 4 is 65.7 Å². The first-order chi connectivity index (χ1) is 22.3. The summed E-state index contributed by atoms with van der Waals surface area (Å²) in [6.07, 6.45) is 0. The first-order valence-electron chi connectivity index (χ1n) is 15.1. The van der Waals surface area contributed by atoms with Gasteiger partial charge in [0.15, 0.2) is 17.2 Å². The summed E-state index contributed by atoms with van der Waals surface area (Å²) in [6, 6.07) is 50.7. The number of benzene rings is 6. The van der Waals surface area contributed by atoms with E-state index in [1.165, 1.54) is 21.8 Å². The van der Waals surface area contributed by atoms with Gasteiger partial charge in [-0.05, 0) is 48.5 Å². The fourth-order valence-electron chi connectivity index (χ4n) is 6.96. The third kappa shape index (κ3) is 3.43. The Morgan fingerprint density at radius 2 is 1.00 bits per heavy atom. The Morgan fingerprint density at radius 1 is 0.444 bits per heavy atom. The zero-order valence-electron chi connectivity index (χ0n) is 24.1. The van der Waals surface area contributed by atoms with E-state index in [-0.39, 0.29) is 0 Å². The van der Waals surface area contributed by atoms with Gasteiger partial charge in [-0.25, -0.2) is 9.97 Å². The molecule has 4 aromatic heterocycles. The highest BCUT2D eigenvalue weighted by Gasteiger charge is 2.23. The second kappa shape index (κ2) is 9.15. The Labute approximate surface area is 257 Å². The van der Waals surface area contributed by atoms with Crippen molar-refractivity contribution in [3.05, 3.63) is 146 Å². The highest BCUT2D eigenvalue weighted by molar-refractivity contribution is 6.19. The van der Waals surface area contributed by atoms with E-state index in [0.717, 1.165) is 55.4 Å². The molecule has 0 bridgehead atoms. The molecule has 210 valence electrons. The van der Waals surface area contributed by atoms with Gasteiger partial charge in [0.25, 0.3) is 0 Å². The van der Waals surface area contributed by atoms with E-state index >= 15 is 0 Å². The number of hydrogen-bond donors (Lipinski definition) is 0. The second-order valence-electron chi connectivity index (χ2n) is 11.4. The van der Waals surface area contributed by atoms with Gasteiger partial charge in [0, 0.05) is 38.2 Å². The van der Waals surface area contributed by atoms with Crippen molar-refractivity contribution in [3.63, 3.8) is 0 Å². The van der Waals surface area contributed by atoms with Gasteiger partial charge in [-0.3, -0.25) is 4.57 Å². The predicted octanol–water partition coefficient (Wildman–Crippen LogP) is 10.2. The van der Waals surface area contributed by atoms with Crippen LogP contribution in [0.25, 0.3) is 88.6 Å². The minimum absolute atomic E-state index is 0.664. The van der Waals surface area contributed by atoms with Crippen LogP contribution in [0.5, 0.6) is 0 Å². The van der Waals surface area contributed by atoms with E-state index in [4.69, 9.17) is 14.4 Å². The molecule has 0 radical (unpaired) electrons. The van der Waals surface area contributed by atoms with E-state index in [0.29, 0.717) is 11.4 Å². The number of fused-ring (bicyclic) bond motifs is 9. The van der Waals surface area contributed by atoms with Crippen LogP contribution in [0.15, 0.2) is 150 Å². The van der Waals surface area contributed by atoms with E-state index in [1.54, 1.807) is 0 Å². The number of aromatic nitrogens is 4. The van der Waals surface area contributed by atoms with E-state index < -0.39 is 0 Å². The molecular formula is C40H24N4O. The summed E-state index contributed by atoms with van der Waals surface area (Å²) in [5.41, 5.74) is 8.85. The van der Waals surface area contributed by atoms with Gasteiger partial charge in [-0.1, -0.05) is 97.1 Å². The van der Waals surface area contributed by atoms with Crippen LogP contribution >= 0.6 is 0 Å². The summed E-state index contributed by atoms with van der Waals surface area (Å²) in [5.74, 6) is 1.39. The molecule has 0 unspecified atom stereocenters. The van der Waals surface area contributed by atoms with Crippen LogP contribution < -0.4 is 0 Å². The lowest BCUT2D eigenvalue weighted by atomic mass is 10.1. The first kappa shape index (κ1) is 24.3. The van der Waals surface area contributed by atoms with Crippen molar-refractivity contribution in [2.24, 2.45) is 0 Å². The van der Waals surface area contributed by atoms with Crippen LogP contribution in [-0.2, 0) is 0 Å². The zero-order chi connectivity index (χ0) is 29.5. The molecule has 4 heterocycles. The summed E-state index contributed by atoms with van der Waals surface area (Å²) >= 11 is 0. The van der Waals surface area contributed by atoms with Crippen molar-refractivity contribution in [2.45, 2.75) is 0 Å². The molecule has 0 saturated heterocycles. The lowest BCUT2D eigenvalue weighted by molar-refractivity contribution is 0.662. The van der Waals surface area contributed by atoms with Crippen molar-refractivity contribution in [2.75, 3.05) is 0 Å². The van der Waals surface area contributed by atoms with Gasteiger partial charge in [-0.15, -0.1) is 0 Å². The van der Waals surface area contributed by atoms with Crippen LogP contribution in [0, 0.1) is 0 Å². The topological polar surface area (TPSA) is 48.8 Å². The molecule has 0 aliphatic carbocycles. The summed E-state index contributed by atoms with van der Waals surface area (Å²) in [7, 11) is 0. The van der Waals surface area contributed by atoms with Gasteiger partial charge in [0.05, 0.1) is 22.1 Å². The fourth-order valence-corrected chi connectivity index (χ4v) is 6.96. The summed E-state index contributed by atoms with van der Waals surface area (Å²) in [5, 5.41) is 5.67. The van der Waals surface area contributed by atoms with Crippen molar-refractivity contribution in [3.8, 4) is 22.9 Å². The van der Waals surface area contributed by atoms with Gasteiger partial charge in [0.2, 0.25) is 0 Å². The normalized spacial score (nSPS) is 12.0. The molecule has 5 heteroatoms. The highest BCUT2D eigenvalue weighted by atomic mass is 16.3. The van der Waals surface area contributed by atoms with Crippen LogP contribution in [-0.4, -0.2) is 19.1 Å². The molecule has 6 aromatic carbocycles. The van der Waals surface area contributed by atoms with Gasteiger partial charge < -0.3 is 8.98 Å².